The molecule has 1 aromatic rings. The van der Waals surface area contributed by atoms with E-state index in [9.17, 15) is 4.79 Å². The minimum absolute atomic E-state index is 0.274. The van der Waals surface area contributed by atoms with Gasteiger partial charge in [-0.05, 0) is 24.6 Å². The fraction of sp³-hybridized carbons (Fsp3) is 0.533. The predicted octanol–water partition coefficient (Wildman–Crippen LogP) is 1.10. The van der Waals surface area contributed by atoms with Crippen LogP contribution in [0.2, 0.25) is 0 Å². The molecular formula is C15H22N2O2. The molecule has 0 bridgehead atoms. The molecule has 4 heteroatoms. The van der Waals surface area contributed by atoms with E-state index in [0.717, 1.165) is 37.5 Å². The molecule has 0 radical (unpaired) electrons. The Kier molecular flexibility index (Phi) is 5.36. The van der Waals surface area contributed by atoms with E-state index < -0.39 is 0 Å². The number of carbonyl (C=O) groups excluding carboxylic acids is 1. The summed E-state index contributed by atoms with van der Waals surface area (Å²) in [5, 5.41) is 3.29. The molecule has 0 atom stereocenters. The van der Waals surface area contributed by atoms with Crippen molar-refractivity contribution in [3.63, 3.8) is 0 Å². The van der Waals surface area contributed by atoms with Crippen LogP contribution in [0.15, 0.2) is 24.3 Å². The molecule has 0 spiro atoms. The maximum atomic E-state index is 12.0. The first-order valence-corrected chi connectivity index (χ1v) is 6.94. The van der Waals surface area contributed by atoms with Gasteiger partial charge in [0.15, 0.2) is 5.78 Å². The van der Waals surface area contributed by atoms with Gasteiger partial charge in [0.2, 0.25) is 0 Å². The van der Waals surface area contributed by atoms with E-state index in [1.54, 1.807) is 0 Å². The number of rotatable bonds is 6. The standard InChI is InChI=1S/C15H22N2O2/c1-2-19-15-5-3-4-13(11-15)10-14(18)12-17-8-6-16-7-9-17/h3-5,11,16H,2,6-10,12H2,1H3. The summed E-state index contributed by atoms with van der Waals surface area (Å²) in [7, 11) is 0. The first kappa shape index (κ1) is 14.0. The van der Waals surface area contributed by atoms with Crippen LogP contribution in [-0.4, -0.2) is 50.0 Å². The summed E-state index contributed by atoms with van der Waals surface area (Å²) in [6.07, 6.45) is 0.491. The van der Waals surface area contributed by atoms with Gasteiger partial charge in [0.1, 0.15) is 5.75 Å². The van der Waals surface area contributed by atoms with Crippen LogP contribution in [0.5, 0.6) is 5.75 Å². The fourth-order valence-corrected chi connectivity index (χ4v) is 2.31. The summed E-state index contributed by atoms with van der Waals surface area (Å²) in [5.74, 6) is 1.12. The molecule has 2 rings (SSSR count). The second kappa shape index (κ2) is 7.26. The normalized spacial score (nSPS) is 16.3. The Bertz CT molecular complexity index is 414. The van der Waals surface area contributed by atoms with E-state index in [1.807, 2.05) is 31.2 Å². The van der Waals surface area contributed by atoms with Crippen molar-refractivity contribution in [3.8, 4) is 5.75 Å². The van der Waals surface area contributed by atoms with Crippen molar-refractivity contribution in [3.05, 3.63) is 29.8 Å². The first-order chi connectivity index (χ1) is 9.28. The minimum Gasteiger partial charge on any atom is -0.494 e. The van der Waals surface area contributed by atoms with Gasteiger partial charge in [-0.3, -0.25) is 9.69 Å². The highest BCUT2D eigenvalue weighted by Crippen LogP contribution is 2.14. The molecule has 104 valence electrons. The predicted molar refractivity (Wildman–Crippen MR) is 75.6 cm³/mol. The number of hydrogen-bond donors (Lipinski definition) is 1. The molecule has 1 aromatic carbocycles. The van der Waals surface area contributed by atoms with Gasteiger partial charge in [-0.1, -0.05) is 12.1 Å². The molecule has 1 fully saturated rings. The maximum Gasteiger partial charge on any atom is 0.151 e. The number of benzene rings is 1. The molecule has 0 aromatic heterocycles. The maximum absolute atomic E-state index is 12.0. The summed E-state index contributed by atoms with van der Waals surface area (Å²) < 4.78 is 5.45. The number of piperazine rings is 1. The Labute approximate surface area is 114 Å². The lowest BCUT2D eigenvalue weighted by molar-refractivity contribution is -0.119. The van der Waals surface area contributed by atoms with Crippen LogP contribution < -0.4 is 10.1 Å². The lowest BCUT2D eigenvalue weighted by Crippen LogP contribution is -2.45. The average molecular weight is 262 g/mol. The van der Waals surface area contributed by atoms with Crippen molar-refractivity contribution in [2.45, 2.75) is 13.3 Å². The number of ketones is 1. The van der Waals surface area contributed by atoms with Gasteiger partial charge in [-0.15, -0.1) is 0 Å². The third-order valence-electron chi connectivity index (χ3n) is 3.22. The van der Waals surface area contributed by atoms with E-state index in [4.69, 9.17) is 4.74 Å². The molecule has 1 saturated heterocycles. The monoisotopic (exact) mass is 262 g/mol. The van der Waals surface area contributed by atoms with Crippen LogP contribution in [-0.2, 0) is 11.2 Å². The quantitative estimate of drug-likeness (QED) is 0.833. The highest BCUT2D eigenvalue weighted by molar-refractivity contribution is 5.82. The second-order valence-electron chi connectivity index (χ2n) is 4.82. The van der Waals surface area contributed by atoms with E-state index >= 15 is 0 Å². The third kappa shape index (κ3) is 4.65. The van der Waals surface area contributed by atoms with Crippen molar-refractivity contribution in [2.24, 2.45) is 0 Å². The van der Waals surface area contributed by atoms with Crippen LogP contribution in [0.25, 0.3) is 0 Å². The topological polar surface area (TPSA) is 41.6 Å². The molecule has 0 unspecified atom stereocenters. The summed E-state index contributed by atoms with van der Waals surface area (Å²) in [6, 6.07) is 7.81. The van der Waals surface area contributed by atoms with Gasteiger partial charge >= 0.3 is 0 Å². The van der Waals surface area contributed by atoms with Crippen LogP contribution in [0.4, 0.5) is 0 Å². The first-order valence-electron chi connectivity index (χ1n) is 6.94. The number of hydrogen-bond acceptors (Lipinski definition) is 4. The minimum atomic E-state index is 0.274. The van der Waals surface area contributed by atoms with Crippen LogP contribution in [0.1, 0.15) is 12.5 Å². The zero-order chi connectivity index (χ0) is 13.5. The molecule has 4 nitrogen and oxygen atoms in total. The van der Waals surface area contributed by atoms with E-state index in [2.05, 4.69) is 10.2 Å². The van der Waals surface area contributed by atoms with Gasteiger partial charge in [-0.25, -0.2) is 0 Å². The molecule has 0 saturated carbocycles. The second-order valence-corrected chi connectivity index (χ2v) is 4.82. The van der Waals surface area contributed by atoms with E-state index in [-0.39, 0.29) is 5.78 Å². The fourth-order valence-electron chi connectivity index (χ4n) is 2.31. The molecule has 0 aliphatic carbocycles. The zero-order valence-corrected chi connectivity index (χ0v) is 11.5. The third-order valence-corrected chi connectivity index (χ3v) is 3.22. The lowest BCUT2D eigenvalue weighted by atomic mass is 10.1. The lowest BCUT2D eigenvalue weighted by Gasteiger charge is -2.26. The zero-order valence-electron chi connectivity index (χ0n) is 11.5. The summed E-state index contributed by atoms with van der Waals surface area (Å²) >= 11 is 0. The summed E-state index contributed by atoms with van der Waals surface area (Å²) in [5.41, 5.74) is 1.03. The van der Waals surface area contributed by atoms with Gasteiger partial charge < -0.3 is 10.1 Å². The summed E-state index contributed by atoms with van der Waals surface area (Å²) in [4.78, 5) is 14.3. The van der Waals surface area contributed by atoms with Crippen molar-refractivity contribution < 1.29 is 9.53 Å². The van der Waals surface area contributed by atoms with Crippen molar-refractivity contribution in [1.82, 2.24) is 10.2 Å². The number of nitrogens with one attached hydrogen (secondary N) is 1. The highest BCUT2D eigenvalue weighted by Gasteiger charge is 2.13. The number of Topliss-reactive ketones (excluding diaryl/α,β-unsaturated/α-hetero) is 1. The van der Waals surface area contributed by atoms with Crippen LogP contribution >= 0.6 is 0 Å². The van der Waals surface area contributed by atoms with E-state index in [0.29, 0.717) is 19.6 Å². The number of ether oxygens (including phenoxy) is 1. The molecule has 0 amide bonds. The molecule has 1 heterocycles. The highest BCUT2D eigenvalue weighted by atomic mass is 16.5. The molecule has 1 N–H and O–H groups in total. The summed E-state index contributed by atoms with van der Waals surface area (Å²) in [6.45, 7) is 7.05. The van der Waals surface area contributed by atoms with Crippen molar-refractivity contribution in [1.29, 1.82) is 0 Å². The van der Waals surface area contributed by atoms with Crippen molar-refractivity contribution >= 4 is 5.78 Å². The van der Waals surface area contributed by atoms with Crippen LogP contribution in [0, 0.1) is 0 Å². The number of nitrogens with zero attached hydrogens (tertiary/aromatic N) is 1. The Morgan fingerprint density at radius 1 is 1.37 bits per heavy atom. The van der Waals surface area contributed by atoms with Gasteiger partial charge in [-0.2, -0.15) is 0 Å². The van der Waals surface area contributed by atoms with Gasteiger partial charge in [0.25, 0.3) is 0 Å². The number of carbonyl (C=O) groups is 1. The van der Waals surface area contributed by atoms with E-state index in [1.165, 1.54) is 0 Å². The average Bonchev–Trinajstić information content (AvgIpc) is 2.40. The van der Waals surface area contributed by atoms with Crippen molar-refractivity contribution in [2.75, 3.05) is 39.3 Å². The van der Waals surface area contributed by atoms with Gasteiger partial charge in [0, 0.05) is 32.6 Å². The SMILES string of the molecule is CCOc1cccc(CC(=O)CN2CCNCC2)c1. The Morgan fingerprint density at radius 3 is 2.89 bits per heavy atom. The van der Waals surface area contributed by atoms with Crippen LogP contribution in [0.3, 0.4) is 0 Å². The largest absolute Gasteiger partial charge is 0.494 e. The Hall–Kier alpha value is -1.39. The van der Waals surface area contributed by atoms with Gasteiger partial charge in [0.05, 0.1) is 13.2 Å². The smallest absolute Gasteiger partial charge is 0.151 e. The molecular weight excluding hydrogens is 240 g/mol. The molecule has 1 aliphatic heterocycles. The molecule has 19 heavy (non-hydrogen) atoms. The molecule has 1 aliphatic rings. The Morgan fingerprint density at radius 2 is 2.16 bits per heavy atom. The Balaban J connectivity index is 1.85.